The molecular formula is C16H22N4O3. The van der Waals surface area contributed by atoms with Gasteiger partial charge >= 0.3 is 12.0 Å². The van der Waals surface area contributed by atoms with Gasteiger partial charge in [-0.3, -0.25) is 9.48 Å². The van der Waals surface area contributed by atoms with Crippen LogP contribution in [-0.4, -0.2) is 32.4 Å². The SMILES string of the molecule is CCn1ncc2ccc(NC(=O)NC(C)(C)CCC(=O)O)cc21. The van der Waals surface area contributed by atoms with Gasteiger partial charge in [0.2, 0.25) is 0 Å². The van der Waals surface area contributed by atoms with Gasteiger partial charge in [0, 0.05) is 29.6 Å². The van der Waals surface area contributed by atoms with Crippen molar-refractivity contribution in [2.24, 2.45) is 0 Å². The Bertz CT molecular complexity index is 721. The molecule has 0 saturated heterocycles. The van der Waals surface area contributed by atoms with Crippen LogP contribution >= 0.6 is 0 Å². The third-order valence-corrected chi connectivity index (χ3v) is 3.62. The number of anilines is 1. The second kappa shape index (κ2) is 6.68. The lowest BCUT2D eigenvalue weighted by Gasteiger charge is -2.25. The number of rotatable bonds is 6. The predicted octanol–water partition coefficient (Wildman–Crippen LogP) is 2.82. The van der Waals surface area contributed by atoms with Crippen LogP contribution in [0.15, 0.2) is 24.4 Å². The van der Waals surface area contributed by atoms with E-state index in [1.54, 1.807) is 20.0 Å². The van der Waals surface area contributed by atoms with Crippen LogP contribution in [0.2, 0.25) is 0 Å². The molecule has 1 heterocycles. The van der Waals surface area contributed by atoms with Crippen LogP contribution in [0.3, 0.4) is 0 Å². The largest absolute Gasteiger partial charge is 0.481 e. The monoisotopic (exact) mass is 318 g/mol. The fourth-order valence-corrected chi connectivity index (χ4v) is 2.35. The number of amides is 2. The number of nitrogens with one attached hydrogen (secondary N) is 2. The third-order valence-electron chi connectivity index (χ3n) is 3.62. The first-order chi connectivity index (χ1) is 10.8. The third kappa shape index (κ3) is 4.45. The molecule has 0 saturated carbocycles. The van der Waals surface area contributed by atoms with Gasteiger partial charge in [-0.2, -0.15) is 5.10 Å². The highest BCUT2D eigenvalue weighted by molar-refractivity contribution is 5.92. The van der Waals surface area contributed by atoms with Crippen molar-refractivity contribution in [2.75, 3.05) is 5.32 Å². The van der Waals surface area contributed by atoms with Crippen LogP contribution in [-0.2, 0) is 11.3 Å². The van der Waals surface area contributed by atoms with Crippen molar-refractivity contribution in [3.63, 3.8) is 0 Å². The van der Waals surface area contributed by atoms with Crippen molar-refractivity contribution >= 4 is 28.6 Å². The molecule has 0 unspecified atom stereocenters. The minimum absolute atomic E-state index is 0.00885. The highest BCUT2D eigenvalue weighted by Gasteiger charge is 2.21. The first-order valence-electron chi connectivity index (χ1n) is 7.57. The van der Waals surface area contributed by atoms with Crippen molar-refractivity contribution in [1.29, 1.82) is 0 Å². The zero-order valence-electron chi connectivity index (χ0n) is 13.6. The number of carboxylic acids is 1. The Hall–Kier alpha value is -2.57. The summed E-state index contributed by atoms with van der Waals surface area (Å²) >= 11 is 0. The highest BCUT2D eigenvalue weighted by Crippen LogP contribution is 2.19. The minimum atomic E-state index is -0.876. The summed E-state index contributed by atoms with van der Waals surface area (Å²) in [6.07, 6.45) is 2.16. The van der Waals surface area contributed by atoms with Gasteiger partial charge in [-0.05, 0) is 45.4 Å². The fraction of sp³-hybridized carbons (Fsp3) is 0.438. The molecule has 0 fully saturated rings. The van der Waals surface area contributed by atoms with Crippen molar-refractivity contribution < 1.29 is 14.7 Å². The standard InChI is InChI=1S/C16H22N4O3/c1-4-20-13-9-12(6-5-11(13)10-17-20)18-15(23)19-16(2,3)8-7-14(21)22/h5-6,9-10H,4,7-8H2,1-3H3,(H,21,22)(H2,18,19,23). The van der Waals surface area contributed by atoms with Gasteiger partial charge in [-0.15, -0.1) is 0 Å². The minimum Gasteiger partial charge on any atom is -0.481 e. The Morgan fingerprint density at radius 3 is 2.74 bits per heavy atom. The van der Waals surface area contributed by atoms with Gasteiger partial charge in [0.15, 0.2) is 0 Å². The number of hydrogen-bond acceptors (Lipinski definition) is 3. The van der Waals surface area contributed by atoms with Crippen LogP contribution in [0.1, 0.15) is 33.6 Å². The van der Waals surface area contributed by atoms with Crippen LogP contribution in [0.4, 0.5) is 10.5 Å². The van der Waals surface area contributed by atoms with Crippen LogP contribution in [0.25, 0.3) is 10.9 Å². The first kappa shape index (κ1) is 16.8. The number of aliphatic carboxylic acids is 1. The number of carbonyl (C=O) groups excluding carboxylic acids is 1. The quantitative estimate of drug-likeness (QED) is 0.763. The summed E-state index contributed by atoms with van der Waals surface area (Å²) in [4.78, 5) is 22.8. The molecule has 3 N–H and O–H groups in total. The normalized spacial score (nSPS) is 11.4. The molecule has 0 spiro atoms. The van der Waals surface area contributed by atoms with E-state index < -0.39 is 11.5 Å². The van der Waals surface area contributed by atoms with E-state index in [2.05, 4.69) is 15.7 Å². The maximum Gasteiger partial charge on any atom is 0.319 e. The molecule has 23 heavy (non-hydrogen) atoms. The lowest BCUT2D eigenvalue weighted by atomic mass is 9.99. The molecule has 0 bridgehead atoms. The van der Waals surface area contributed by atoms with Crippen LogP contribution in [0.5, 0.6) is 0 Å². The lowest BCUT2D eigenvalue weighted by molar-refractivity contribution is -0.137. The highest BCUT2D eigenvalue weighted by atomic mass is 16.4. The Balaban J connectivity index is 2.03. The number of aryl methyl sites for hydroxylation is 1. The summed E-state index contributed by atoms with van der Waals surface area (Å²) in [5, 5.41) is 19.6. The summed E-state index contributed by atoms with van der Waals surface area (Å²) in [5.41, 5.74) is 1.02. The molecule has 1 aromatic carbocycles. The molecule has 2 rings (SSSR count). The zero-order chi connectivity index (χ0) is 17.0. The number of nitrogens with zero attached hydrogens (tertiary/aromatic N) is 2. The van der Waals surface area contributed by atoms with Crippen molar-refractivity contribution in [3.8, 4) is 0 Å². The molecule has 7 nitrogen and oxygen atoms in total. The maximum atomic E-state index is 12.1. The molecule has 124 valence electrons. The number of fused-ring (bicyclic) bond motifs is 1. The second-order valence-corrected chi connectivity index (χ2v) is 6.09. The number of urea groups is 1. The molecule has 7 heteroatoms. The Labute approximate surface area is 134 Å². The van der Waals surface area contributed by atoms with Crippen LogP contribution < -0.4 is 10.6 Å². The molecule has 0 atom stereocenters. The van der Waals surface area contributed by atoms with E-state index in [4.69, 9.17) is 5.11 Å². The van der Waals surface area contributed by atoms with Gasteiger partial charge in [-0.25, -0.2) is 4.79 Å². The Morgan fingerprint density at radius 1 is 1.35 bits per heavy atom. The van der Waals surface area contributed by atoms with Crippen molar-refractivity contribution in [3.05, 3.63) is 24.4 Å². The topological polar surface area (TPSA) is 96.3 Å². The van der Waals surface area contributed by atoms with Crippen molar-refractivity contribution in [2.45, 2.75) is 45.7 Å². The molecular weight excluding hydrogens is 296 g/mol. The molecule has 2 aromatic rings. The summed E-state index contributed by atoms with van der Waals surface area (Å²) < 4.78 is 1.86. The summed E-state index contributed by atoms with van der Waals surface area (Å²) in [6.45, 7) is 6.35. The average Bonchev–Trinajstić information content (AvgIpc) is 2.87. The smallest absolute Gasteiger partial charge is 0.319 e. The van der Waals surface area contributed by atoms with E-state index in [-0.39, 0.29) is 12.5 Å². The fourth-order valence-electron chi connectivity index (χ4n) is 2.35. The Morgan fingerprint density at radius 2 is 2.09 bits per heavy atom. The molecule has 2 amide bonds. The van der Waals surface area contributed by atoms with E-state index in [0.717, 1.165) is 17.4 Å². The van der Waals surface area contributed by atoms with E-state index in [1.165, 1.54) is 0 Å². The molecule has 1 aromatic heterocycles. The average molecular weight is 318 g/mol. The molecule has 0 radical (unpaired) electrons. The Kier molecular flexibility index (Phi) is 4.88. The zero-order valence-corrected chi connectivity index (χ0v) is 13.6. The maximum absolute atomic E-state index is 12.1. The van der Waals surface area contributed by atoms with E-state index in [9.17, 15) is 9.59 Å². The second-order valence-electron chi connectivity index (χ2n) is 6.09. The van der Waals surface area contributed by atoms with E-state index >= 15 is 0 Å². The van der Waals surface area contributed by atoms with Gasteiger partial charge in [0.25, 0.3) is 0 Å². The summed E-state index contributed by atoms with van der Waals surface area (Å²) in [6, 6.07) is 5.23. The summed E-state index contributed by atoms with van der Waals surface area (Å²) in [5.74, 6) is -0.876. The molecule has 0 aliphatic rings. The van der Waals surface area contributed by atoms with Gasteiger partial charge in [0.05, 0.1) is 11.7 Å². The number of benzene rings is 1. The van der Waals surface area contributed by atoms with E-state index in [0.29, 0.717) is 12.1 Å². The van der Waals surface area contributed by atoms with Crippen molar-refractivity contribution in [1.82, 2.24) is 15.1 Å². The van der Waals surface area contributed by atoms with Gasteiger partial charge < -0.3 is 15.7 Å². The summed E-state index contributed by atoms with van der Waals surface area (Å²) in [7, 11) is 0. The first-order valence-corrected chi connectivity index (χ1v) is 7.57. The number of carbonyl (C=O) groups is 2. The number of aromatic nitrogens is 2. The molecule has 0 aliphatic carbocycles. The predicted molar refractivity (Wildman–Crippen MR) is 88.5 cm³/mol. The molecule has 0 aliphatic heterocycles. The van der Waals surface area contributed by atoms with Gasteiger partial charge in [0.1, 0.15) is 0 Å². The van der Waals surface area contributed by atoms with Crippen LogP contribution in [0, 0.1) is 0 Å². The number of hydrogen-bond donors (Lipinski definition) is 3. The number of carboxylic acid groups (broad SMARTS) is 1. The van der Waals surface area contributed by atoms with Gasteiger partial charge in [-0.1, -0.05) is 0 Å². The van der Waals surface area contributed by atoms with E-state index in [1.807, 2.05) is 29.8 Å². The lowest BCUT2D eigenvalue weighted by Crippen LogP contribution is -2.45.